The highest BCUT2D eigenvalue weighted by atomic mass is 79.9. The molecular weight excluding hydrogens is 318 g/mol. The molecule has 4 nitrogen and oxygen atoms in total. The molecule has 2 aromatic carbocycles. The highest BCUT2D eigenvalue weighted by Crippen LogP contribution is 2.15. The molecule has 2 aromatic rings. The van der Waals surface area contributed by atoms with E-state index in [1.54, 1.807) is 18.2 Å². The summed E-state index contributed by atoms with van der Waals surface area (Å²) in [4.78, 5) is 11.8. The molecular formula is C15H12BrN3O. The van der Waals surface area contributed by atoms with Gasteiger partial charge in [-0.3, -0.25) is 4.79 Å². The summed E-state index contributed by atoms with van der Waals surface area (Å²) in [7, 11) is 0. The number of carbonyl (C=O) groups excluding carboxylic acids is 1. The fraction of sp³-hybridized carbons (Fsp3) is 0.0667. The van der Waals surface area contributed by atoms with Gasteiger partial charge >= 0.3 is 0 Å². The predicted octanol–water partition coefficient (Wildman–Crippen LogP) is 3.37. The Labute approximate surface area is 125 Å². The lowest BCUT2D eigenvalue weighted by atomic mass is 10.2. The van der Waals surface area contributed by atoms with Gasteiger partial charge in [0.1, 0.15) is 0 Å². The molecule has 1 amide bonds. The predicted molar refractivity (Wildman–Crippen MR) is 82.4 cm³/mol. The molecule has 0 aliphatic heterocycles. The summed E-state index contributed by atoms with van der Waals surface area (Å²) < 4.78 is 0.907. The summed E-state index contributed by atoms with van der Waals surface area (Å²) in [5.41, 5.74) is 2.03. The number of hydrogen-bond donors (Lipinski definition) is 2. The molecule has 0 radical (unpaired) electrons. The first-order chi connectivity index (χ1) is 9.67. The average molecular weight is 330 g/mol. The summed E-state index contributed by atoms with van der Waals surface area (Å²) in [6.07, 6.45) is 0. The van der Waals surface area contributed by atoms with Gasteiger partial charge in [0, 0.05) is 15.8 Å². The molecule has 0 aliphatic carbocycles. The van der Waals surface area contributed by atoms with Crippen LogP contribution in [0.15, 0.2) is 53.0 Å². The van der Waals surface area contributed by atoms with Gasteiger partial charge in [0.2, 0.25) is 5.91 Å². The quantitative estimate of drug-likeness (QED) is 0.903. The van der Waals surface area contributed by atoms with Gasteiger partial charge < -0.3 is 10.6 Å². The first-order valence-corrected chi connectivity index (χ1v) is 6.76. The number of anilines is 2. The van der Waals surface area contributed by atoms with E-state index in [1.807, 2.05) is 30.3 Å². The molecule has 0 unspecified atom stereocenters. The van der Waals surface area contributed by atoms with E-state index in [-0.39, 0.29) is 12.5 Å². The number of hydrogen-bond acceptors (Lipinski definition) is 3. The zero-order valence-electron chi connectivity index (χ0n) is 10.6. The fourth-order valence-electron chi connectivity index (χ4n) is 1.65. The molecule has 0 saturated carbocycles. The monoisotopic (exact) mass is 329 g/mol. The van der Waals surface area contributed by atoms with E-state index in [0.717, 1.165) is 15.8 Å². The minimum absolute atomic E-state index is 0.140. The Morgan fingerprint density at radius 2 is 1.90 bits per heavy atom. The van der Waals surface area contributed by atoms with E-state index in [9.17, 15) is 4.79 Å². The first kappa shape index (κ1) is 14.1. The number of benzene rings is 2. The molecule has 0 atom stereocenters. The SMILES string of the molecule is N#Cc1cccc(NCC(=O)Nc2cccc(Br)c2)c1. The smallest absolute Gasteiger partial charge is 0.243 e. The lowest BCUT2D eigenvalue weighted by Gasteiger charge is -2.08. The molecule has 0 bridgehead atoms. The zero-order chi connectivity index (χ0) is 14.4. The summed E-state index contributed by atoms with van der Waals surface area (Å²) in [5.74, 6) is -0.148. The van der Waals surface area contributed by atoms with Gasteiger partial charge in [-0.25, -0.2) is 0 Å². The molecule has 0 heterocycles. The molecule has 0 fully saturated rings. The Kier molecular flexibility index (Phi) is 4.75. The average Bonchev–Trinajstić information content (AvgIpc) is 2.45. The van der Waals surface area contributed by atoms with Crippen LogP contribution in [0.2, 0.25) is 0 Å². The molecule has 20 heavy (non-hydrogen) atoms. The van der Waals surface area contributed by atoms with Gasteiger partial charge in [-0.15, -0.1) is 0 Å². The number of nitrogens with zero attached hydrogens (tertiary/aromatic N) is 1. The van der Waals surface area contributed by atoms with Crippen molar-refractivity contribution >= 4 is 33.2 Å². The van der Waals surface area contributed by atoms with Crippen LogP contribution >= 0.6 is 15.9 Å². The largest absolute Gasteiger partial charge is 0.376 e. The third-order valence-electron chi connectivity index (χ3n) is 2.55. The van der Waals surface area contributed by atoms with Crippen LogP contribution in [0, 0.1) is 11.3 Å². The van der Waals surface area contributed by atoms with E-state index in [0.29, 0.717) is 5.56 Å². The van der Waals surface area contributed by atoms with E-state index in [1.165, 1.54) is 0 Å². The number of halogens is 1. The van der Waals surface area contributed by atoms with Crippen LogP contribution < -0.4 is 10.6 Å². The minimum Gasteiger partial charge on any atom is -0.376 e. The van der Waals surface area contributed by atoms with Crippen LogP contribution in [-0.4, -0.2) is 12.5 Å². The summed E-state index contributed by atoms with van der Waals surface area (Å²) >= 11 is 3.35. The Balaban J connectivity index is 1.90. The van der Waals surface area contributed by atoms with Crippen molar-refractivity contribution in [3.63, 3.8) is 0 Å². The Morgan fingerprint density at radius 1 is 1.15 bits per heavy atom. The van der Waals surface area contributed by atoms with E-state index < -0.39 is 0 Å². The van der Waals surface area contributed by atoms with Gasteiger partial charge in [-0.2, -0.15) is 5.26 Å². The number of rotatable bonds is 4. The van der Waals surface area contributed by atoms with Crippen molar-refractivity contribution in [2.75, 3.05) is 17.2 Å². The van der Waals surface area contributed by atoms with E-state index >= 15 is 0 Å². The number of nitrogens with one attached hydrogen (secondary N) is 2. The zero-order valence-corrected chi connectivity index (χ0v) is 12.1. The lowest BCUT2D eigenvalue weighted by Crippen LogP contribution is -2.21. The van der Waals surface area contributed by atoms with Crippen molar-refractivity contribution in [3.05, 3.63) is 58.6 Å². The maximum Gasteiger partial charge on any atom is 0.243 e. The lowest BCUT2D eigenvalue weighted by molar-refractivity contribution is -0.114. The summed E-state index contributed by atoms with van der Waals surface area (Å²) in [6.45, 7) is 0.140. The Morgan fingerprint density at radius 3 is 2.65 bits per heavy atom. The van der Waals surface area contributed by atoms with Crippen LogP contribution in [0.3, 0.4) is 0 Å². The number of amides is 1. The summed E-state index contributed by atoms with van der Waals surface area (Å²) in [5, 5.41) is 14.6. The second kappa shape index (κ2) is 6.73. The van der Waals surface area contributed by atoms with Crippen molar-refractivity contribution in [2.24, 2.45) is 0 Å². The highest BCUT2D eigenvalue weighted by Gasteiger charge is 2.03. The highest BCUT2D eigenvalue weighted by molar-refractivity contribution is 9.10. The molecule has 2 rings (SSSR count). The van der Waals surface area contributed by atoms with Crippen molar-refractivity contribution in [1.29, 1.82) is 5.26 Å². The molecule has 0 aliphatic rings. The maximum atomic E-state index is 11.8. The van der Waals surface area contributed by atoms with Gasteiger partial charge in [0.15, 0.2) is 0 Å². The number of carbonyl (C=O) groups is 1. The normalized spacial score (nSPS) is 9.60. The van der Waals surface area contributed by atoms with Crippen LogP contribution in [0.5, 0.6) is 0 Å². The fourth-order valence-corrected chi connectivity index (χ4v) is 2.05. The maximum absolute atomic E-state index is 11.8. The van der Waals surface area contributed by atoms with E-state index in [4.69, 9.17) is 5.26 Å². The molecule has 5 heteroatoms. The second-order valence-corrected chi connectivity index (χ2v) is 5.02. The second-order valence-electron chi connectivity index (χ2n) is 4.10. The Hall–Kier alpha value is -2.32. The molecule has 0 aromatic heterocycles. The van der Waals surface area contributed by atoms with Gasteiger partial charge in [0.25, 0.3) is 0 Å². The third kappa shape index (κ3) is 4.11. The van der Waals surface area contributed by atoms with Gasteiger partial charge in [0.05, 0.1) is 18.2 Å². The molecule has 100 valence electrons. The molecule has 0 saturated heterocycles. The van der Waals surface area contributed by atoms with Crippen LogP contribution in [0.25, 0.3) is 0 Å². The van der Waals surface area contributed by atoms with Crippen LogP contribution in [-0.2, 0) is 4.79 Å². The van der Waals surface area contributed by atoms with Gasteiger partial charge in [-0.1, -0.05) is 28.1 Å². The third-order valence-corrected chi connectivity index (χ3v) is 3.05. The van der Waals surface area contributed by atoms with Crippen LogP contribution in [0.1, 0.15) is 5.56 Å². The Bertz CT molecular complexity index is 664. The van der Waals surface area contributed by atoms with Crippen molar-refractivity contribution in [3.8, 4) is 6.07 Å². The van der Waals surface area contributed by atoms with Gasteiger partial charge in [-0.05, 0) is 36.4 Å². The van der Waals surface area contributed by atoms with Crippen molar-refractivity contribution in [1.82, 2.24) is 0 Å². The number of nitriles is 1. The topological polar surface area (TPSA) is 64.9 Å². The van der Waals surface area contributed by atoms with Crippen LogP contribution in [0.4, 0.5) is 11.4 Å². The standard InChI is InChI=1S/C15H12BrN3O/c16-12-4-2-6-14(8-12)19-15(20)10-18-13-5-1-3-11(7-13)9-17/h1-8,18H,10H2,(H,19,20). The summed E-state index contributed by atoms with van der Waals surface area (Å²) in [6, 6.07) is 16.4. The molecule has 0 spiro atoms. The minimum atomic E-state index is -0.148. The molecule has 2 N–H and O–H groups in total. The van der Waals surface area contributed by atoms with Crippen molar-refractivity contribution < 1.29 is 4.79 Å². The first-order valence-electron chi connectivity index (χ1n) is 5.97. The van der Waals surface area contributed by atoms with E-state index in [2.05, 4.69) is 32.6 Å². The van der Waals surface area contributed by atoms with Crippen molar-refractivity contribution in [2.45, 2.75) is 0 Å².